The molecule has 840 valence electrons. The van der Waals surface area contributed by atoms with Crippen LogP contribution in [0.4, 0.5) is 35.4 Å². The number of likely N-dealkylation sites (tertiary alicyclic amines) is 2. The summed E-state index contributed by atoms with van der Waals surface area (Å²) >= 11 is 5.88. The molecule has 2 atom stereocenters. The Morgan fingerprint density at radius 1 is 0.453 bits per heavy atom. The molecule has 8 saturated heterocycles. The molecule has 150 heavy (non-hydrogen) atoms. The van der Waals surface area contributed by atoms with E-state index in [1.165, 1.54) is 56.4 Å². The Labute approximate surface area is 910 Å². The molecule has 1 saturated carbocycles. The zero-order chi connectivity index (χ0) is 114. The molecule has 8 aliphatic heterocycles. The SMILES string of the molecule is CC(=O)C1(C(C)C)CCCCC1.CC(C)C1(C#N)CCN(C(=O)OC(C)(C)C)C1.CC(C)C1(C#N)CCN(C(=O)OC(C)(C)C)CC1.CC(C)C1(C#N)CCNC1.CC(C)C1(C)CNC1.CC(C)C1(O)CCN(c2ccc(C#N)cc2)CC1.CC(C)C1(O)CCN(c2ccc(Cl)cc2)CC1.CC(C)C1(O)CCN(c2cccc(F)c2)CC1.CC(C)N1CCNC(=O)C1.CC(C)c1cccc(S(C)(=O)=O)c1.CC(C)c1ccccc1F. The Morgan fingerprint density at radius 2 is 0.887 bits per heavy atom. The minimum Gasteiger partial charge on any atom is -0.444 e. The van der Waals surface area contributed by atoms with Gasteiger partial charge in [0.15, 0.2) is 9.84 Å². The molecule has 28 heteroatoms. The number of Topliss-reactive ketones (excluding diaryl/α,β-unsaturated/α-hetero) is 1. The summed E-state index contributed by atoms with van der Waals surface area (Å²) in [5.74, 6) is 4.23. The minimum atomic E-state index is -3.06. The molecule has 1 aliphatic carbocycles. The predicted molar refractivity (Wildman–Crippen MR) is 609 cm³/mol. The van der Waals surface area contributed by atoms with Crippen LogP contribution in [0.5, 0.6) is 0 Å². The highest BCUT2D eigenvalue weighted by Crippen LogP contribution is 2.45. The molecule has 0 bridgehead atoms. The number of halogens is 3. The number of carbonyl (C=O) groups is 4. The van der Waals surface area contributed by atoms with Crippen LogP contribution in [-0.2, 0) is 28.9 Å². The van der Waals surface area contributed by atoms with E-state index in [0.29, 0.717) is 95.9 Å². The van der Waals surface area contributed by atoms with Gasteiger partial charge in [0.1, 0.15) is 28.6 Å². The highest BCUT2D eigenvalue weighted by molar-refractivity contribution is 7.90. The Bertz CT molecular complexity index is 5170. The van der Waals surface area contributed by atoms with Gasteiger partial charge in [-0.1, -0.05) is 213 Å². The summed E-state index contributed by atoms with van der Waals surface area (Å²) in [7, 11) is -3.06. The predicted octanol–water partition coefficient (Wildman–Crippen LogP) is 25.2. The van der Waals surface area contributed by atoms with E-state index in [1.54, 1.807) is 53.1 Å². The van der Waals surface area contributed by atoms with Crippen LogP contribution in [0.2, 0.25) is 5.02 Å². The van der Waals surface area contributed by atoms with Gasteiger partial charge in [-0.15, -0.1) is 0 Å². The van der Waals surface area contributed by atoms with E-state index in [1.807, 2.05) is 156 Å². The number of hydrogen-bond acceptors (Lipinski definition) is 21. The van der Waals surface area contributed by atoms with Crippen LogP contribution in [0.3, 0.4) is 0 Å². The van der Waals surface area contributed by atoms with Crippen molar-refractivity contribution in [3.05, 3.63) is 155 Å². The summed E-state index contributed by atoms with van der Waals surface area (Å²) in [5, 5.41) is 77.6. The highest BCUT2D eigenvalue weighted by Gasteiger charge is 2.46. The second-order valence-electron chi connectivity index (χ2n) is 48.6. The molecule has 6 N–H and O–H groups in total. The van der Waals surface area contributed by atoms with Crippen LogP contribution in [-0.4, -0.2) is 214 Å². The van der Waals surface area contributed by atoms with Gasteiger partial charge in [-0.2, -0.15) is 21.0 Å². The van der Waals surface area contributed by atoms with Gasteiger partial charge in [0.25, 0.3) is 0 Å². The molecule has 0 spiro atoms. The van der Waals surface area contributed by atoms with Crippen molar-refractivity contribution in [3.63, 3.8) is 0 Å². The van der Waals surface area contributed by atoms with Crippen molar-refractivity contribution in [1.82, 2.24) is 30.7 Å². The van der Waals surface area contributed by atoms with Crippen LogP contribution < -0.4 is 30.7 Å². The molecule has 24 nitrogen and oxygen atoms in total. The molecular formula is C122H194ClF2N13O11S. The molecule has 9 fully saturated rings. The van der Waals surface area contributed by atoms with Crippen LogP contribution in [0.1, 0.15) is 333 Å². The third-order valence-corrected chi connectivity index (χ3v) is 33.9. The number of nitriles is 4. The normalized spacial score (nSPS) is 20.4. The molecule has 0 aromatic heterocycles. The number of aliphatic hydroxyl groups is 3. The molecular weight excluding hydrogens is 1930 g/mol. The summed E-state index contributed by atoms with van der Waals surface area (Å²) in [6.07, 6.45) is 14.7. The zero-order valence-corrected chi connectivity index (χ0v) is 99.2. The number of ketones is 1. The Morgan fingerprint density at radius 3 is 1.20 bits per heavy atom. The number of carbonyl (C=O) groups excluding carboxylic acids is 4. The molecule has 5 aromatic carbocycles. The number of sulfone groups is 1. The van der Waals surface area contributed by atoms with E-state index in [-0.39, 0.29) is 63.7 Å². The summed E-state index contributed by atoms with van der Waals surface area (Å²) in [6.45, 7) is 75.5. The van der Waals surface area contributed by atoms with Crippen molar-refractivity contribution in [2.45, 2.75) is 355 Å². The maximum absolute atomic E-state index is 13.1. The van der Waals surface area contributed by atoms with Gasteiger partial charge in [-0.05, 0) is 307 Å². The maximum atomic E-state index is 13.1. The van der Waals surface area contributed by atoms with Gasteiger partial charge < -0.3 is 65.2 Å². The number of piperazine rings is 1. The maximum Gasteiger partial charge on any atom is 0.410 e. The molecule has 8 heterocycles. The summed E-state index contributed by atoms with van der Waals surface area (Å²) in [4.78, 5) is 58.8. The number of ether oxygens (including phenoxy) is 2. The number of amides is 3. The van der Waals surface area contributed by atoms with Crippen LogP contribution in [0.15, 0.2) is 126 Å². The van der Waals surface area contributed by atoms with Crippen molar-refractivity contribution in [3.8, 4) is 24.3 Å². The first-order chi connectivity index (χ1) is 69.7. The van der Waals surface area contributed by atoms with E-state index < -0.39 is 43.3 Å². The van der Waals surface area contributed by atoms with E-state index >= 15 is 0 Å². The number of anilines is 3. The fourth-order valence-corrected chi connectivity index (χ4v) is 20.3. The lowest BCUT2D eigenvalue weighted by atomic mass is 9.65. The topological polar surface area (TPSA) is 332 Å². The lowest BCUT2D eigenvalue weighted by Gasteiger charge is -2.43. The first kappa shape index (κ1) is 133. The molecule has 14 rings (SSSR count). The second-order valence-corrected chi connectivity index (χ2v) is 51.0. The van der Waals surface area contributed by atoms with Crippen molar-refractivity contribution >= 4 is 62.4 Å². The highest BCUT2D eigenvalue weighted by atomic mass is 35.5. The number of nitrogens with one attached hydrogen (secondary N) is 3. The number of hydrogen-bond donors (Lipinski definition) is 6. The van der Waals surface area contributed by atoms with Crippen molar-refractivity contribution in [1.29, 1.82) is 21.0 Å². The van der Waals surface area contributed by atoms with Gasteiger partial charge in [0.05, 0.1) is 74.3 Å². The van der Waals surface area contributed by atoms with Gasteiger partial charge in [0, 0.05) is 138 Å². The fraction of sp³-hybridized carbons (Fsp3) is 0.689. The smallest absolute Gasteiger partial charge is 0.410 e. The Balaban J connectivity index is 0.000000346. The van der Waals surface area contributed by atoms with E-state index in [9.17, 15) is 62.2 Å². The molecule has 9 aliphatic rings. The van der Waals surface area contributed by atoms with E-state index in [4.69, 9.17) is 31.6 Å². The van der Waals surface area contributed by atoms with Crippen LogP contribution >= 0.6 is 11.6 Å². The number of rotatable bonds is 16. The second kappa shape index (κ2) is 60.8. The van der Waals surface area contributed by atoms with E-state index in [0.717, 1.165) is 176 Å². The number of piperidine rings is 4. The summed E-state index contributed by atoms with van der Waals surface area (Å²) in [6, 6.07) is 46.1. The molecule has 5 aromatic rings. The third-order valence-electron chi connectivity index (χ3n) is 32.6. The van der Waals surface area contributed by atoms with Gasteiger partial charge >= 0.3 is 12.2 Å². The molecule has 0 radical (unpaired) electrons. The lowest BCUT2D eigenvalue weighted by Crippen LogP contribution is -2.54. The average Bonchev–Trinajstić information content (AvgIpc) is 1.74. The number of nitrogens with zero attached hydrogens (tertiary/aromatic N) is 10. The first-order valence-corrected chi connectivity index (χ1v) is 57.6. The largest absolute Gasteiger partial charge is 0.444 e. The van der Waals surface area contributed by atoms with Gasteiger partial charge in [-0.25, -0.2) is 26.8 Å². The van der Waals surface area contributed by atoms with Crippen molar-refractivity contribution in [2.24, 2.45) is 74.4 Å². The quantitative estimate of drug-likeness (QED) is 0.0534. The van der Waals surface area contributed by atoms with Crippen molar-refractivity contribution in [2.75, 3.05) is 132 Å². The van der Waals surface area contributed by atoms with Gasteiger partial charge in [0.2, 0.25) is 5.91 Å². The third kappa shape index (κ3) is 42.0. The lowest BCUT2D eigenvalue weighted by molar-refractivity contribution is -0.131. The summed E-state index contributed by atoms with van der Waals surface area (Å²) in [5.41, 5.74) is 3.20. The Kier molecular flexibility index (Phi) is 54.0. The van der Waals surface area contributed by atoms with Crippen LogP contribution in [0, 0.1) is 131 Å². The first-order valence-electron chi connectivity index (χ1n) is 55.4. The van der Waals surface area contributed by atoms with Gasteiger partial charge in [-0.3, -0.25) is 14.5 Å². The molecule has 2 unspecified atom stereocenters. The van der Waals surface area contributed by atoms with Crippen molar-refractivity contribution < 1.29 is 61.2 Å². The monoisotopic (exact) mass is 2120 g/mol. The van der Waals surface area contributed by atoms with E-state index in [2.05, 4.69) is 178 Å². The fourth-order valence-electron chi connectivity index (χ4n) is 19.5. The van der Waals surface area contributed by atoms with Crippen LogP contribution in [0.25, 0.3) is 0 Å². The standard InChI is InChI=1S/C15H20N2O.C14H20ClNO.C14H20FNO.C14H24N2O2.C13H22N2O2.C11H20O.C10H14O2S.C9H11F.C8H14N2.C7H14N2O.C7H15N/c1-12(2)15(18)7-9-17(10-8-15)14-5-3-13(11-16)4-6-14;1-11(2)14(17)7-9-16(10-8-14)13-5-3-12(15)4-6-13;1-11(2)14(17)6-8-16(9-7-14)13-5-3-4-12(15)10-13;1-11(2)14(10-15)6-8-16(9-7-14)12(17)18-13(3,4)5;1-10(2)13(8-14)6-7-15(9-13)11(16)17-12(3,4)5;1-9(2)11(10(3)12)7-5-4-6-8-11;1-8(2)9-5-4-6-10(7-9)13(3,11)12;1-7(2)8-5-3-4-6-9(8)10;1-7(2)8(5-9)3-4-10-6-8;1-6(2)9-4-3-8-7(10)5-9;1-6(2)7(3)4-8-5-7/h3-6,12,18H,7-10H2,1-2H3;3-6,11,17H,7-10H2,1-2H3;3-5,10-11,17H,6-9H2,1-2H3;11H,6-9H2,1-5H3;10H,6-7,9H2,1-5H3;9H,4-8H2,1-3H3;4-8H,1-3H3;3-7H,1-2H3;7,10H,3-4,6H2,1-2H3;6H,3-5H2,1-2H3,(H,8,10);6,8H,4-5H2,1-3H3. The molecule has 3 amide bonds. The average molecular weight is 2120 g/mol. The summed E-state index contributed by atoms with van der Waals surface area (Å²) < 4.78 is 59.0. The Hall–Kier alpha value is -9.00. The minimum absolute atomic E-state index is 0.0399. The number of benzene rings is 5. The zero-order valence-electron chi connectivity index (χ0n) is 97.6.